The van der Waals surface area contributed by atoms with Gasteiger partial charge in [0.25, 0.3) is 0 Å². The summed E-state index contributed by atoms with van der Waals surface area (Å²) in [6, 6.07) is 0. The molecule has 0 fully saturated rings. The third kappa shape index (κ3) is 7.24. The molecule has 0 aromatic rings. The fourth-order valence-electron chi connectivity index (χ4n) is 0.436. The zero-order valence-corrected chi connectivity index (χ0v) is 5.91. The smallest absolute Gasteiger partial charge is 0.0348 e. The van der Waals surface area contributed by atoms with Crippen molar-refractivity contribution in [1.29, 1.82) is 0 Å². The van der Waals surface area contributed by atoms with Crippen molar-refractivity contribution in [1.82, 2.24) is 5.32 Å². The normalized spacial score (nSPS) is 9.00. The van der Waals surface area contributed by atoms with Crippen molar-refractivity contribution in [3.8, 4) is 0 Å². The third-order valence-corrected chi connectivity index (χ3v) is 0.779. The van der Waals surface area contributed by atoms with E-state index >= 15 is 0 Å². The molecule has 0 aliphatic rings. The van der Waals surface area contributed by atoms with Crippen LogP contribution in [0.3, 0.4) is 0 Å². The molecule has 0 heterocycles. The van der Waals surface area contributed by atoms with Gasteiger partial charge in [0, 0.05) is 18.8 Å². The van der Waals surface area contributed by atoms with E-state index in [0.717, 1.165) is 12.1 Å². The van der Waals surface area contributed by atoms with E-state index in [1.807, 2.05) is 6.92 Å². The van der Waals surface area contributed by atoms with Gasteiger partial charge in [0.2, 0.25) is 0 Å². The predicted molar refractivity (Wildman–Crippen MR) is 41.0 cm³/mol. The second-order valence-electron chi connectivity index (χ2n) is 2.22. The van der Waals surface area contributed by atoms with Gasteiger partial charge in [-0.15, -0.1) is 0 Å². The molecular formula is C7H14N2. The minimum atomic E-state index is 0.663. The number of rotatable bonds is 4. The Labute approximate surface area is 56.4 Å². The zero-order valence-electron chi connectivity index (χ0n) is 5.91. The van der Waals surface area contributed by atoms with Crippen molar-refractivity contribution in [2.75, 3.05) is 13.1 Å². The van der Waals surface area contributed by atoms with E-state index in [1.165, 1.54) is 0 Å². The van der Waals surface area contributed by atoms with Gasteiger partial charge in [-0.25, -0.2) is 0 Å². The Morgan fingerprint density at radius 3 is 2.33 bits per heavy atom. The molecule has 0 aromatic carbocycles. The predicted octanol–water partition coefficient (Wildman–Crippen LogP) is 0.625. The second kappa shape index (κ2) is 4.15. The Morgan fingerprint density at radius 2 is 2.00 bits per heavy atom. The summed E-state index contributed by atoms with van der Waals surface area (Å²) in [6.45, 7) is 10.7. The van der Waals surface area contributed by atoms with Crippen molar-refractivity contribution in [3.05, 3.63) is 24.4 Å². The lowest BCUT2D eigenvalue weighted by molar-refractivity contribution is 0.788. The lowest BCUT2D eigenvalue weighted by Gasteiger charge is -2.01. The van der Waals surface area contributed by atoms with E-state index in [4.69, 9.17) is 5.73 Å². The standard InChI is InChI=1S/C7H14N2/c1-6(2)4-9-5-7(3)8/h9H,1,3-5,8H2,2H3. The molecular weight excluding hydrogens is 112 g/mol. The van der Waals surface area contributed by atoms with Gasteiger partial charge in [-0.2, -0.15) is 0 Å². The average Bonchev–Trinajstić information content (AvgIpc) is 1.63. The first kappa shape index (κ1) is 8.24. The molecule has 0 bridgehead atoms. The first-order valence-electron chi connectivity index (χ1n) is 2.91. The van der Waals surface area contributed by atoms with Crippen molar-refractivity contribution >= 4 is 0 Å². The molecule has 0 aliphatic carbocycles. The molecule has 0 spiro atoms. The molecule has 0 unspecified atom stereocenters. The summed E-state index contributed by atoms with van der Waals surface area (Å²) in [5.74, 6) is 0. The van der Waals surface area contributed by atoms with Crippen LogP contribution in [0.15, 0.2) is 24.4 Å². The highest BCUT2D eigenvalue weighted by molar-refractivity contribution is 4.94. The molecule has 52 valence electrons. The first-order chi connectivity index (χ1) is 4.13. The Balaban J connectivity index is 3.10. The fourth-order valence-corrected chi connectivity index (χ4v) is 0.436. The van der Waals surface area contributed by atoms with Crippen LogP contribution >= 0.6 is 0 Å². The van der Waals surface area contributed by atoms with E-state index < -0.39 is 0 Å². The van der Waals surface area contributed by atoms with Gasteiger partial charge >= 0.3 is 0 Å². The number of hydrogen-bond donors (Lipinski definition) is 2. The van der Waals surface area contributed by atoms with Crippen LogP contribution in [0.25, 0.3) is 0 Å². The monoisotopic (exact) mass is 126 g/mol. The van der Waals surface area contributed by atoms with Crippen LogP contribution in [0.4, 0.5) is 0 Å². The third-order valence-electron chi connectivity index (χ3n) is 0.779. The maximum absolute atomic E-state index is 5.29. The lowest BCUT2D eigenvalue weighted by Crippen LogP contribution is -2.21. The summed E-state index contributed by atoms with van der Waals surface area (Å²) >= 11 is 0. The summed E-state index contributed by atoms with van der Waals surface area (Å²) in [7, 11) is 0. The molecule has 0 saturated heterocycles. The van der Waals surface area contributed by atoms with E-state index in [9.17, 15) is 0 Å². The van der Waals surface area contributed by atoms with Gasteiger partial charge in [0.05, 0.1) is 0 Å². The van der Waals surface area contributed by atoms with Crippen molar-refractivity contribution in [2.24, 2.45) is 5.73 Å². The quantitative estimate of drug-likeness (QED) is 0.542. The zero-order chi connectivity index (χ0) is 7.28. The van der Waals surface area contributed by atoms with Gasteiger partial charge < -0.3 is 11.1 Å². The van der Waals surface area contributed by atoms with Crippen molar-refractivity contribution in [3.63, 3.8) is 0 Å². The van der Waals surface area contributed by atoms with Crippen molar-refractivity contribution in [2.45, 2.75) is 6.92 Å². The molecule has 0 saturated carbocycles. The van der Waals surface area contributed by atoms with Gasteiger partial charge in [-0.05, 0) is 6.92 Å². The van der Waals surface area contributed by atoms with Gasteiger partial charge in [-0.3, -0.25) is 0 Å². The van der Waals surface area contributed by atoms with Crippen LogP contribution in [0, 0.1) is 0 Å². The fraction of sp³-hybridized carbons (Fsp3) is 0.429. The molecule has 9 heavy (non-hydrogen) atoms. The maximum atomic E-state index is 5.29. The van der Waals surface area contributed by atoms with Crippen LogP contribution in [0.1, 0.15) is 6.92 Å². The molecule has 0 radical (unpaired) electrons. The van der Waals surface area contributed by atoms with Crippen LogP contribution in [0.2, 0.25) is 0 Å². The highest BCUT2D eigenvalue weighted by Crippen LogP contribution is 1.81. The highest BCUT2D eigenvalue weighted by atomic mass is 14.9. The molecule has 0 aliphatic heterocycles. The Morgan fingerprint density at radius 1 is 1.44 bits per heavy atom. The van der Waals surface area contributed by atoms with Crippen LogP contribution < -0.4 is 11.1 Å². The van der Waals surface area contributed by atoms with E-state index in [-0.39, 0.29) is 0 Å². The molecule has 2 heteroatoms. The Kier molecular flexibility index (Phi) is 3.80. The summed E-state index contributed by atoms with van der Waals surface area (Å²) in [4.78, 5) is 0. The van der Waals surface area contributed by atoms with Gasteiger partial charge in [-0.1, -0.05) is 18.7 Å². The van der Waals surface area contributed by atoms with Gasteiger partial charge in [0.15, 0.2) is 0 Å². The number of hydrogen-bond acceptors (Lipinski definition) is 2. The minimum Gasteiger partial charge on any atom is -0.401 e. The molecule has 2 nitrogen and oxygen atoms in total. The summed E-state index contributed by atoms with van der Waals surface area (Å²) < 4.78 is 0. The molecule has 0 rings (SSSR count). The van der Waals surface area contributed by atoms with Crippen LogP contribution in [0.5, 0.6) is 0 Å². The Hall–Kier alpha value is -0.760. The average molecular weight is 126 g/mol. The Bertz CT molecular complexity index is 102. The van der Waals surface area contributed by atoms with E-state index in [2.05, 4.69) is 18.5 Å². The van der Waals surface area contributed by atoms with Crippen LogP contribution in [-0.2, 0) is 0 Å². The second-order valence-corrected chi connectivity index (χ2v) is 2.22. The van der Waals surface area contributed by atoms with Gasteiger partial charge in [0.1, 0.15) is 0 Å². The molecule has 0 amide bonds. The topological polar surface area (TPSA) is 38.0 Å². The van der Waals surface area contributed by atoms with E-state index in [0.29, 0.717) is 12.2 Å². The van der Waals surface area contributed by atoms with Crippen LogP contribution in [-0.4, -0.2) is 13.1 Å². The number of nitrogens with two attached hydrogens (primary N) is 1. The minimum absolute atomic E-state index is 0.663. The lowest BCUT2D eigenvalue weighted by atomic mass is 10.3. The summed E-state index contributed by atoms with van der Waals surface area (Å²) in [6.07, 6.45) is 0. The highest BCUT2D eigenvalue weighted by Gasteiger charge is 1.85. The molecule has 0 aromatic heterocycles. The number of nitrogens with one attached hydrogen (secondary N) is 1. The maximum Gasteiger partial charge on any atom is 0.0348 e. The summed E-state index contributed by atoms with van der Waals surface area (Å²) in [5, 5.41) is 3.06. The largest absolute Gasteiger partial charge is 0.401 e. The summed E-state index contributed by atoms with van der Waals surface area (Å²) in [5.41, 5.74) is 7.06. The van der Waals surface area contributed by atoms with E-state index in [1.54, 1.807) is 0 Å². The SMILES string of the molecule is C=C(C)CNCC(=C)N. The first-order valence-corrected chi connectivity index (χ1v) is 2.91. The van der Waals surface area contributed by atoms with Crippen molar-refractivity contribution < 1.29 is 0 Å². The molecule has 0 atom stereocenters. The molecule has 3 N–H and O–H groups in total.